The Labute approximate surface area is 130 Å². The molecule has 0 aliphatic carbocycles. The summed E-state index contributed by atoms with van der Waals surface area (Å²) in [6, 6.07) is 7.67. The standard InChI is InChI=1S/C13H9Cl3N2O2/c14-8-2-1-3-10(11(8)16)20-12-7(13(18)19)4-6(17)5-9(12)15/h1-5H,17H2,(H2,18,19). The molecule has 4 nitrogen and oxygen atoms in total. The summed E-state index contributed by atoms with van der Waals surface area (Å²) in [5.41, 5.74) is 11.3. The number of benzene rings is 2. The van der Waals surface area contributed by atoms with Crippen molar-refractivity contribution in [3.8, 4) is 11.5 Å². The molecule has 0 aliphatic heterocycles. The summed E-state index contributed by atoms with van der Waals surface area (Å²) in [5, 5.41) is 0.670. The summed E-state index contributed by atoms with van der Waals surface area (Å²) in [6.07, 6.45) is 0. The van der Waals surface area contributed by atoms with Crippen LogP contribution < -0.4 is 16.2 Å². The number of hydrogen-bond donors (Lipinski definition) is 2. The maximum Gasteiger partial charge on any atom is 0.252 e. The van der Waals surface area contributed by atoms with Gasteiger partial charge in [0.15, 0.2) is 5.75 Å². The van der Waals surface area contributed by atoms with E-state index in [4.69, 9.17) is 51.0 Å². The van der Waals surface area contributed by atoms with Crippen LogP contribution in [0.5, 0.6) is 11.5 Å². The Morgan fingerprint density at radius 2 is 1.80 bits per heavy atom. The molecule has 0 saturated heterocycles. The molecule has 0 heterocycles. The highest BCUT2D eigenvalue weighted by Gasteiger charge is 2.17. The number of nitrogens with two attached hydrogens (primary N) is 2. The van der Waals surface area contributed by atoms with Gasteiger partial charge in [-0.05, 0) is 24.3 Å². The number of primary amides is 1. The van der Waals surface area contributed by atoms with Crippen molar-refractivity contribution in [1.29, 1.82) is 0 Å². The molecule has 2 aromatic rings. The molecule has 0 unspecified atom stereocenters. The lowest BCUT2D eigenvalue weighted by Crippen LogP contribution is -2.13. The third-order valence-electron chi connectivity index (χ3n) is 2.46. The van der Waals surface area contributed by atoms with Gasteiger partial charge in [0.2, 0.25) is 0 Å². The monoisotopic (exact) mass is 330 g/mol. The van der Waals surface area contributed by atoms with Crippen LogP contribution in [0.3, 0.4) is 0 Å². The third kappa shape index (κ3) is 2.93. The van der Waals surface area contributed by atoms with Crippen molar-refractivity contribution >= 4 is 46.4 Å². The molecule has 0 fully saturated rings. The van der Waals surface area contributed by atoms with Crippen LogP contribution in [0.15, 0.2) is 30.3 Å². The largest absolute Gasteiger partial charge is 0.453 e. The molecule has 2 rings (SSSR count). The van der Waals surface area contributed by atoms with Crippen molar-refractivity contribution in [3.05, 3.63) is 51.0 Å². The predicted molar refractivity (Wildman–Crippen MR) is 80.9 cm³/mol. The van der Waals surface area contributed by atoms with E-state index in [1.54, 1.807) is 18.2 Å². The van der Waals surface area contributed by atoms with E-state index in [0.29, 0.717) is 10.7 Å². The molecule has 0 spiro atoms. The SMILES string of the molecule is NC(=O)c1cc(N)cc(Cl)c1Oc1cccc(Cl)c1Cl. The normalized spacial score (nSPS) is 10.3. The first kappa shape index (κ1) is 14.8. The van der Waals surface area contributed by atoms with E-state index >= 15 is 0 Å². The lowest BCUT2D eigenvalue weighted by molar-refractivity contribution is 0.0998. The summed E-state index contributed by atoms with van der Waals surface area (Å²) in [7, 11) is 0. The van der Waals surface area contributed by atoms with E-state index < -0.39 is 5.91 Å². The minimum atomic E-state index is -0.715. The van der Waals surface area contributed by atoms with Crippen molar-refractivity contribution in [2.45, 2.75) is 0 Å². The van der Waals surface area contributed by atoms with Crippen molar-refractivity contribution in [3.63, 3.8) is 0 Å². The Kier molecular flexibility index (Phi) is 4.28. The average Bonchev–Trinajstić information content (AvgIpc) is 2.37. The van der Waals surface area contributed by atoms with Gasteiger partial charge in [0.25, 0.3) is 5.91 Å². The molecule has 0 radical (unpaired) electrons. The van der Waals surface area contributed by atoms with Gasteiger partial charge >= 0.3 is 0 Å². The van der Waals surface area contributed by atoms with Crippen LogP contribution in [0.4, 0.5) is 5.69 Å². The fourth-order valence-electron chi connectivity index (χ4n) is 1.57. The van der Waals surface area contributed by atoms with Gasteiger partial charge < -0.3 is 16.2 Å². The van der Waals surface area contributed by atoms with Crippen molar-refractivity contribution in [2.75, 3.05) is 5.73 Å². The van der Waals surface area contributed by atoms with Crippen LogP contribution in [-0.4, -0.2) is 5.91 Å². The molecule has 20 heavy (non-hydrogen) atoms. The molecule has 0 aliphatic rings. The topological polar surface area (TPSA) is 78.3 Å². The molecule has 4 N–H and O–H groups in total. The zero-order valence-corrected chi connectivity index (χ0v) is 12.3. The maximum absolute atomic E-state index is 11.4. The van der Waals surface area contributed by atoms with Gasteiger partial charge in [-0.3, -0.25) is 4.79 Å². The second-order valence-electron chi connectivity index (χ2n) is 3.90. The summed E-state index contributed by atoms with van der Waals surface area (Å²) in [4.78, 5) is 11.4. The number of hydrogen-bond acceptors (Lipinski definition) is 3. The lowest BCUT2D eigenvalue weighted by atomic mass is 10.1. The minimum Gasteiger partial charge on any atom is -0.453 e. The molecule has 1 amide bonds. The Morgan fingerprint density at radius 1 is 1.10 bits per heavy atom. The van der Waals surface area contributed by atoms with Gasteiger partial charge in [-0.2, -0.15) is 0 Å². The molecular formula is C13H9Cl3N2O2. The van der Waals surface area contributed by atoms with E-state index in [1.807, 2.05) is 0 Å². The molecule has 2 aromatic carbocycles. The number of rotatable bonds is 3. The van der Waals surface area contributed by atoms with Crippen LogP contribution in [-0.2, 0) is 0 Å². The number of halogens is 3. The van der Waals surface area contributed by atoms with Crippen molar-refractivity contribution in [1.82, 2.24) is 0 Å². The van der Waals surface area contributed by atoms with Crippen LogP contribution >= 0.6 is 34.8 Å². The van der Waals surface area contributed by atoms with E-state index in [2.05, 4.69) is 0 Å². The zero-order valence-electron chi connectivity index (χ0n) is 9.99. The Bertz CT molecular complexity index is 690. The number of nitrogen functional groups attached to an aromatic ring is 1. The summed E-state index contributed by atoms with van der Waals surface area (Å²) in [5.74, 6) is -0.377. The Balaban J connectivity index is 2.53. The highest BCUT2D eigenvalue weighted by molar-refractivity contribution is 6.43. The predicted octanol–water partition coefficient (Wildman–Crippen LogP) is 4.12. The number of carbonyl (C=O) groups excluding carboxylic acids is 1. The van der Waals surface area contributed by atoms with Gasteiger partial charge in [0.05, 0.1) is 15.6 Å². The second kappa shape index (κ2) is 5.79. The highest BCUT2D eigenvalue weighted by Crippen LogP contribution is 2.39. The average molecular weight is 332 g/mol. The van der Waals surface area contributed by atoms with Crippen molar-refractivity contribution in [2.24, 2.45) is 5.73 Å². The molecular weight excluding hydrogens is 323 g/mol. The van der Waals surface area contributed by atoms with E-state index in [1.165, 1.54) is 12.1 Å². The van der Waals surface area contributed by atoms with Crippen molar-refractivity contribution < 1.29 is 9.53 Å². The molecule has 0 bridgehead atoms. The fourth-order valence-corrected chi connectivity index (χ4v) is 2.17. The van der Waals surface area contributed by atoms with Gasteiger partial charge in [-0.1, -0.05) is 40.9 Å². The van der Waals surface area contributed by atoms with Crippen LogP contribution in [0.25, 0.3) is 0 Å². The minimum absolute atomic E-state index is 0.0612. The lowest BCUT2D eigenvalue weighted by Gasteiger charge is -2.13. The van der Waals surface area contributed by atoms with Gasteiger partial charge in [-0.25, -0.2) is 0 Å². The zero-order chi connectivity index (χ0) is 14.9. The van der Waals surface area contributed by atoms with Gasteiger partial charge in [-0.15, -0.1) is 0 Å². The maximum atomic E-state index is 11.4. The molecule has 104 valence electrons. The Hall–Kier alpha value is -1.62. The molecule has 0 aromatic heterocycles. The number of anilines is 1. The summed E-state index contributed by atoms with van der Waals surface area (Å²) < 4.78 is 5.56. The van der Waals surface area contributed by atoms with E-state index in [9.17, 15) is 4.79 Å². The van der Waals surface area contributed by atoms with E-state index in [0.717, 1.165) is 0 Å². The Morgan fingerprint density at radius 3 is 2.45 bits per heavy atom. The van der Waals surface area contributed by atoms with Crippen LogP contribution in [0.1, 0.15) is 10.4 Å². The summed E-state index contributed by atoms with van der Waals surface area (Å²) >= 11 is 17.9. The third-order valence-corrected chi connectivity index (χ3v) is 3.54. The first-order chi connectivity index (χ1) is 9.40. The number of carbonyl (C=O) groups is 1. The number of ether oxygens (including phenoxy) is 1. The first-order valence-corrected chi connectivity index (χ1v) is 6.54. The highest BCUT2D eigenvalue weighted by atomic mass is 35.5. The van der Waals surface area contributed by atoms with Crippen LogP contribution in [0, 0.1) is 0 Å². The first-order valence-electron chi connectivity index (χ1n) is 5.41. The second-order valence-corrected chi connectivity index (χ2v) is 5.09. The number of amides is 1. The summed E-state index contributed by atoms with van der Waals surface area (Å²) in [6.45, 7) is 0. The molecule has 0 atom stereocenters. The van der Waals surface area contributed by atoms with Crippen LogP contribution in [0.2, 0.25) is 15.1 Å². The molecule has 0 saturated carbocycles. The van der Waals surface area contributed by atoms with Gasteiger partial charge in [0, 0.05) is 5.69 Å². The van der Waals surface area contributed by atoms with Gasteiger partial charge in [0.1, 0.15) is 10.8 Å². The quantitative estimate of drug-likeness (QED) is 0.830. The smallest absolute Gasteiger partial charge is 0.252 e. The molecule has 7 heteroatoms. The van der Waals surface area contributed by atoms with E-state index in [-0.39, 0.29) is 27.1 Å². The fraction of sp³-hybridized carbons (Fsp3) is 0.